The molecule has 0 spiro atoms. The fourth-order valence-electron chi connectivity index (χ4n) is 6.48. The van der Waals surface area contributed by atoms with Crippen LogP contribution in [0.3, 0.4) is 0 Å². The van der Waals surface area contributed by atoms with Crippen molar-refractivity contribution in [3.05, 3.63) is 71.8 Å². The van der Waals surface area contributed by atoms with E-state index in [2.05, 4.69) is 19.2 Å². The number of amides is 1. The van der Waals surface area contributed by atoms with E-state index in [9.17, 15) is 29.1 Å². The lowest BCUT2D eigenvalue weighted by molar-refractivity contribution is -0.144. The maximum atomic E-state index is 13.6. The smallest absolute Gasteiger partial charge is 0.307 e. The minimum Gasteiger partial charge on any atom is -0.481 e. The summed E-state index contributed by atoms with van der Waals surface area (Å²) >= 11 is 0. The summed E-state index contributed by atoms with van der Waals surface area (Å²) in [5, 5.41) is 12.8. The first-order chi connectivity index (χ1) is 25.2. The molecule has 2 aromatic rings. The van der Waals surface area contributed by atoms with E-state index < -0.39 is 29.4 Å². The van der Waals surface area contributed by atoms with Gasteiger partial charge in [0.1, 0.15) is 11.4 Å². The number of nitrogens with two attached hydrogens (primary N) is 1. The third kappa shape index (κ3) is 16.0. The maximum absolute atomic E-state index is 13.6. The summed E-state index contributed by atoms with van der Waals surface area (Å²) in [6, 6.07) is 17.9. The van der Waals surface area contributed by atoms with Crippen molar-refractivity contribution in [2.24, 2.45) is 29.4 Å². The Hall–Kier alpha value is -3.77. The van der Waals surface area contributed by atoms with Crippen LogP contribution in [0.5, 0.6) is 0 Å². The Morgan fingerprint density at radius 2 is 1.42 bits per heavy atom. The van der Waals surface area contributed by atoms with Crippen molar-refractivity contribution < 1.29 is 38.6 Å². The lowest BCUT2D eigenvalue weighted by Crippen LogP contribution is -2.46. The van der Waals surface area contributed by atoms with Gasteiger partial charge in [-0.25, -0.2) is 0 Å². The van der Waals surface area contributed by atoms with Crippen molar-refractivity contribution >= 4 is 29.2 Å². The minimum absolute atomic E-state index is 0.0133. The van der Waals surface area contributed by atoms with Crippen LogP contribution in [-0.4, -0.2) is 96.4 Å². The first-order valence-electron chi connectivity index (χ1n) is 19.1. The third-order valence-electron chi connectivity index (χ3n) is 9.67. The van der Waals surface area contributed by atoms with Crippen LogP contribution in [0.4, 0.5) is 0 Å². The SMILES string of the molecule is CC(C)C[C@H](N)C(=O)[C@@]1(C)CO1.CC(C)C[C@H](NC(=O)[C@H](CCc1ccccc1)CC(=O)CN1CCOCC1)C(=O)C[C@@H](Cc1ccccc1)C(=O)O. The van der Waals surface area contributed by atoms with E-state index in [0.717, 1.165) is 17.5 Å². The number of hydrogen-bond acceptors (Lipinski definition) is 9. The van der Waals surface area contributed by atoms with Gasteiger partial charge < -0.3 is 25.6 Å². The van der Waals surface area contributed by atoms with E-state index in [0.29, 0.717) is 58.1 Å². The van der Waals surface area contributed by atoms with Crippen LogP contribution < -0.4 is 11.1 Å². The number of morpholine rings is 1. The summed E-state index contributed by atoms with van der Waals surface area (Å²) in [6.07, 6.45) is 2.40. The number of nitrogens with one attached hydrogen (secondary N) is 1. The van der Waals surface area contributed by atoms with E-state index >= 15 is 0 Å². The zero-order valence-electron chi connectivity index (χ0n) is 32.3. The highest BCUT2D eigenvalue weighted by molar-refractivity contribution is 5.94. The highest BCUT2D eigenvalue weighted by atomic mass is 16.6. The first kappa shape index (κ1) is 43.6. The lowest BCUT2D eigenvalue weighted by atomic mass is 9.88. The average molecular weight is 736 g/mol. The highest BCUT2D eigenvalue weighted by Crippen LogP contribution is 2.29. The zero-order valence-corrected chi connectivity index (χ0v) is 32.3. The molecule has 2 fully saturated rings. The van der Waals surface area contributed by atoms with Crippen LogP contribution >= 0.6 is 0 Å². The van der Waals surface area contributed by atoms with Gasteiger partial charge >= 0.3 is 5.97 Å². The van der Waals surface area contributed by atoms with Crippen molar-refractivity contribution in [1.29, 1.82) is 0 Å². The number of rotatable bonds is 21. The van der Waals surface area contributed by atoms with E-state index in [-0.39, 0.29) is 61.0 Å². The van der Waals surface area contributed by atoms with Gasteiger partial charge in [0.15, 0.2) is 11.6 Å². The molecule has 11 heteroatoms. The number of Topliss-reactive ketones (excluding diaryl/α,β-unsaturated/α-hetero) is 3. The molecule has 4 N–H and O–H groups in total. The summed E-state index contributed by atoms with van der Waals surface area (Å²) in [7, 11) is 0. The monoisotopic (exact) mass is 735 g/mol. The van der Waals surface area contributed by atoms with Crippen molar-refractivity contribution in [2.45, 2.75) is 97.2 Å². The van der Waals surface area contributed by atoms with Crippen LogP contribution in [0.25, 0.3) is 0 Å². The topological polar surface area (TPSA) is 169 Å². The second-order valence-electron chi connectivity index (χ2n) is 15.6. The number of nitrogens with zero attached hydrogens (tertiary/aromatic N) is 1. The molecule has 0 saturated carbocycles. The van der Waals surface area contributed by atoms with Crippen molar-refractivity contribution in [3.8, 4) is 0 Å². The summed E-state index contributed by atoms with van der Waals surface area (Å²) in [5.74, 6) is -2.53. The number of carbonyl (C=O) groups is 5. The number of epoxide rings is 1. The molecule has 2 heterocycles. The van der Waals surface area contributed by atoms with Crippen LogP contribution in [0.1, 0.15) is 77.8 Å². The second kappa shape index (κ2) is 21.8. The van der Waals surface area contributed by atoms with Gasteiger partial charge in [0.2, 0.25) is 5.91 Å². The molecule has 2 saturated heterocycles. The van der Waals surface area contributed by atoms with Crippen LogP contribution in [-0.2, 0) is 46.3 Å². The first-order valence-corrected chi connectivity index (χ1v) is 19.1. The summed E-state index contributed by atoms with van der Waals surface area (Å²) in [6.45, 7) is 13.2. The van der Waals surface area contributed by atoms with Crippen molar-refractivity contribution in [3.63, 3.8) is 0 Å². The molecular formula is C42H61N3O8. The fraction of sp³-hybridized carbons (Fsp3) is 0.595. The van der Waals surface area contributed by atoms with Gasteiger partial charge in [-0.2, -0.15) is 0 Å². The summed E-state index contributed by atoms with van der Waals surface area (Å²) in [4.78, 5) is 65.7. The second-order valence-corrected chi connectivity index (χ2v) is 15.6. The van der Waals surface area contributed by atoms with Gasteiger partial charge in [-0.3, -0.25) is 28.9 Å². The molecule has 11 nitrogen and oxygen atoms in total. The normalized spacial score (nSPS) is 19.3. The van der Waals surface area contributed by atoms with Gasteiger partial charge in [-0.05, 0) is 62.0 Å². The summed E-state index contributed by atoms with van der Waals surface area (Å²) in [5.41, 5.74) is 7.09. The van der Waals surface area contributed by atoms with E-state index in [1.807, 2.05) is 79.4 Å². The number of carbonyl (C=O) groups excluding carboxylic acids is 4. The Kier molecular flexibility index (Phi) is 18.0. The molecule has 4 rings (SSSR count). The number of ketones is 3. The quantitative estimate of drug-likeness (QED) is 0.153. The van der Waals surface area contributed by atoms with Crippen molar-refractivity contribution in [1.82, 2.24) is 10.2 Å². The molecule has 53 heavy (non-hydrogen) atoms. The van der Waals surface area contributed by atoms with Gasteiger partial charge in [-0.1, -0.05) is 88.4 Å². The molecule has 5 atom stereocenters. The predicted octanol–water partition coefficient (Wildman–Crippen LogP) is 4.68. The molecule has 0 unspecified atom stereocenters. The molecule has 292 valence electrons. The average Bonchev–Trinajstić information content (AvgIpc) is 3.88. The number of aliphatic carboxylic acids is 1. The van der Waals surface area contributed by atoms with Gasteiger partial charge in [0.05, 0.1) is 44.4 Å². The molecule has 0 bridgehead atoms. The number of hydrogen-bond donors (Lipinski definition) is 3. The zero-order chi connectivity index (χ0) is 39.0. The van der Waals surface area contributed by atoms with Gasteiger partial charge in [0, 0.05) is 31.8 Å². The number of ether oxygens (including phenoxy) is 2. The maximum Gasteiger partial charge on any atom is 0.307 e. The largest absolute Gasteiger partial charge is 0.481 e. The number of benzene rings is 2. The molecule has 2 aliphatic heterocycles. The molecule has 0 aromatic heterocycles. The molecule has 1 amide bonds. The van der Waals surface area contributed by atoms with Gasteiger partial charge in [0.25, 0.3) is 0 Å². The Morgan fingerprint density at radius 1 is 0.849 bits per heavy atom. The summed E-state index contributed by atoms with van der Waals surface area (Å²) < 4.78 is 10.4. The highest BCUT2D eigenvalue weighted by Gasteiger charge is 2.48. The third-order valence-corrected chi connectivity index (χ3v) is 9.67. The Bertz CT molecular complexity index is 1460. The van der Waals surface area contributed by atoms with Crippen LogP contribution in [0.15, 0.2) is 60.7 Å². The lowest BCUT2D eigenvalue weighted by Gasteiger charge is -2.27. The van der Waals surface area contributed by atoms with E-state index in [1.54, 1.807) is 6.92 Å². The molecule has 2 aliphatic rings. The Morgan fingerprint density at radius 3 is 1.94 bits per heavy atom. The van der Waals surface area contributed by atoms with Crippen molar-refractivity contribution in [2.75, 3.05) is 39.5 Å². The van der Waals surface area contributed by atoms with Crippen LogP contribution in [0.2, 0.25) is 0 Å². The molecule has 2 aromatic carbocycles. The number of carboxylic acids is 1. The molecule has 0 radical (unpaired) electrons. The minimum atomic E-state index is -1.04. The standard InChI is InChI=1S/C33H44N2O6.C9H17NO2/c1-24(2)19-30(31(37)22-28(33(39)40)20-26-11-7-4-8-12-26)34-32(38)27(14-13-25-9-5-3-6-10-25)21-29(36)23-35-15-17-41-18-16-35;1-6(2)4-7(10)8(11)9(3)5-12-9/h3-12,24,27-28,30H,13-23H2,1-2H3,(H,34,38)(H,39,40);6-7H,4-5,10H2,1-3H3/t27-,28-,30+;7-,9+/m10/s1. The fourth-order valence-corrected chi connectivity index (χ4v) is 6.48. The Labute approximate surface area is 315 Å². The molecule has 0 aliphatic carbocycles. The van der Waals surface area contributed by atoms with Gasteiger partial charge in [-0.15, -0.1) is 0 Å². The molecular weight excluding hydrogens is 674 g/mol. The predicted molar refractivity (Wildman–Crippen MR) is 204 cm³/mol. The Balaban J connectivity index is 0.000000533. The van der Waals surface area contributed by atoms with Crippen LogP contribution in [0, 0.1) is 23.7 Å². The number of aryl methyl sites for hydroxylation is 1. The number of carboxylic acid groups (broad SMARTS) is 1. The van der Waals surface area contributed by atoms with E-state index in [4.69, 9.17) is 15.2 Å². The van der Waals surface area contributed by atoms with E-state index in [1.165, 1.54) is 0 Å².